The van der Waals surface area contributed by atoms with Crippen molar-refractivity contribution in [2.24, 2.45) is 0 Å². The molecule has 0 heterocycles. The summed E-state index contributed by atoms with van der Waals surface area (Å²) in [5.74, 6) is -1.52. The second kappa shape index (κ2) is 6.03. The van der Waals surface area contributed by atoms with Gasteiger partial charge in [-0.25, -0.2) is 4.39 Å². The summed E-state index contributed by atoms with van der Waals surface area (Å²) in [6.07, 6.45) is -4.96. The van der Waals surface area contributed by atoms with Gasteiger partial charge in [0.25, 0.3) is 11.6 Å². The monoisotopic (exact) mass is 328 g/mol. The number of nitro benzene ring substituents is 1. The predicted molar refractivity (Wildman–Crippen MR) is 72.5 cm³/mol. The Labute approximate surface area is 126 Å². The van der Waals surface area contributed by atoms with Crippen LogP contribution in [-0.2, 0) is 6.18 Å². The Balaban J connectivity index is 2.34. The zero-order chi connectivity index (χ0) is 17.2. The van der Waals surface area contributed by atoms with E-state index in [1.807, 2.05) is 0 Å². The molecule has 0 saturated heterocycles. The van der Waals surface area contributed by atoms with Gasteiger partial charge in [0.15, 0.2) is 0 Å². The molecule has 23 heavy (non-hydrogen) atoms. The van der Waals surface area contributed by atoms with Crippen molar-refractivity contribution < 1.29 is 27.3 Å². The highest BCUT2D eigenvalue weighted by molar-refractivity contribution is 6.04. The summed E-state index contributed by atoms with van der Waals surface area (Å²) >= 11 is 0. The van der Waals surface area contributed by atoms with Gasteiger partial charge < -0.3 is 5.32 Å². The number of hydrogen-bond donors (Lipinski definition) is 1. The van der Waals surface area contributed by atoms with Crippen LogP contribution in [0.25, 0.3) is 0 Å². The highest BCUT2D eigenvalue weighted by Gasteiger charge is 2.38. The Bertz CT molecular complexity index is 775. The van der Waals surface area contributed by atoms with Crippen LogP contribution < -0.4 is 5.32 Å². The van der Waals surface area contributed by atoms with Crippen LogP contribution in [0.3, 0.4) is 0 Å². The third-order valence-electron chi connectivity index (χ3n) is 2.84. The lowest BCUT2D eigenvalue weighted by Gasteiger charge is -2.10. The SMILES string of the molecule is O=C(Nc1ccc([N+](=O)[O-])c(C(F)(F)F)c1)c1cccc(F)c1. The lowest BCUT2D eigenvalue weighted by Crippen LogP contribution is -2.14. The van der Waals surface area contributed by atoms with Crippen LogP contribution in [-0.4, -0.2) is 10.8 Å². The zero-order valence-electron chi connectivity index (χ0n) is 11.2. The molecule has 2 aromatic carbocycles. The first-order chi connectivity index (χ1) is 10.7. The minimum Gasteiger partial charge on any atom is -0.322 e. The first-order valence-electron chi connectivity index (χ1n) is 6.11. The first kappa shape index (κ1) is 16.4. The Hall–Kier alpha value is -2.97. The number of halogens is 4. The van der Waals surface area contributed by atoms with Gasteiger partial charge in [0.1, 0.15) is 11.4 Å². The van der Waals surface area contributed by atoms with Crippen molar-refractivity contribution in [1.82, 2.24) is 0 Å². The van der Waals surface area contributed by atoms with E-state index in [-0.39, 0.29) is 11.3 Å². The van der Waals surface area contributed by atoms with Crippen molar-refractivity contribution in [3.63, 3.8) is 0 Å². The molecule has 2 aromatic rings. The molecule has 0 radical (unpaired) electrons. The molecule has 0 aliphatic rings. The Morgan fingerprint density at radius 2 is 1.83 bits per heavy atom. The molecule has 2 rings (SSSR count). The third-order valence-corrected chi connectivity index (χ3v) is 2.84. The molecule has 9 heteroatoms. The molecule has 0 unspecified atom stereocenters. The first-order valence-corrected chi connectivity index (χ1v) is 6.11. The molecule has 1 amide bonds. The second-order valence-electron chi connectivity index (χ2n) is 4.45. The standard InChI is InChI=1S/C14H8F4N2O3/c15-9-3-1-2-8(6-9)13(21)19-10-4-5-12(20(22)23)11(7-10)14(16,17)18/h1-7H,(H,19,21). The van der Waals surface area contributed by atoms with E-state index in [1.54, 1.807) is 0 Å². The van der Waals surface area contributed by atoms with E-state index in [4.69, 9.17) is 0 Å². The summed E-state index contributed by atoms with van der Waals surface area (Å²) in [6, 6.07) is 6.61. The fraction of sp³-hybridized carbons (Fsp3) is 0.0714. The molecule has 0 atom stereocenters. The molecular weight excluding hydrogens is 320 g/mol. The van der Waals surface area contributed by atoms with Gasteiger partial charge in [-0.15, -0.1) is 0 Å². The Kier molecular flexibility index (Phi) is 4.30. The smallest absolute Gasteiger partial charge is 0.322 e. The van der Waals surface area contributed by atoms with Crippen molar-refractivity contribution >= 4 is 17.3 Å². The van der Waals surface area contributed by atoms with Crippen LogP contribution in [0.2, 0.25) is 0 Å². The molecule has 0 aromatic heterocycles. The lowest BCUT2D eigenvalue weighted by atomic mass is 10.1. The summed E-state index contributed by atoms with van der Waals surface area (Å²) < 4.78 is 51.5. The topological polar surface area (TPSA) is 72.2 Å². The van der Waals surface area contributed by atoms with Gasteiger partial charge in [-0.3, -0.25) is 14.9 Å². The van der Waals surface area contributed by atoms with Gasteiger partial charge in [-0.1, -0.05) is 6.07 Å². The van der Waals surface area contributed by atoms with Crippen molar-refractivity contribution in [1.29, 1.82) is 0 Å². The number of alkyl halides is 3. The number of nitrogens with one attached hydrogen (secondary N) is 1. The van der Waals surface area contributed by atoms with Crippen LogP contribution >= 0.6 is 0 Å². The van der Waals surface area contributed by atoms with Crippen LogP contribution in [0.5, 0.6) is 0 Å². The van der Waals surface area contributed by atoms with Gasteiger partial charge in [-0.05, 0) is 30.3 Å². The minimum atomic E-state index is -4.96. The maximum atomic E-state index is 13.0. The number of anilines is 1. The molecule has 0 aliphatic carbocycles. The summed E-state index contributed by atoms with van der Waals surface area (Å²) in [5, 5.41) is 12.8. The van der Waals surface area contributed by atoms with E-state index in [9.17, 15) is 32.5 Å². The maximum absolute atomic E-state index is 13.0. The van der Waals surface area contributed by atoms with Crippen molar-refractivity contribution in [2.45, 2.75) is 6.18 Å². The van der Waals surface area contributed by atoms with Crippen LogP contribution in [0.1, 0.15) is 15.9 Å². The van der Waals surface area contributed by atoms with E-state index in [0.717, 1.165) is 18.2 Å². The number of hydrogen-bond acceptors (Lipinski definition) is 3. The third kappa shape index (κ3) is 3.82. The van der Waals surface area contributed by atoms with Crippen LogP contribution in [0.15, 0.2) is 42.5 Å². The number of benzene rings is 2. The molecule has 0 spiro atoms. The van der Waals surface area contributed by atoms with Gasteiger partial charge in [0.2, 0.25) is 0 Å². The normalized spacial score (nSPS) is 11.1. The molecule has 0 fully saturated rings. The average molecular weight is 328 g/mol. The molecule has 1 N–H and O–H groups in total. The molecular formula is C14H8F4N2O3. The van der Waals surface area contributed by atoms with Crippen molar-refractivity contribution in [2.75, 3.05) is 5.32 Å². The minimum absolute atomic E-state index is 0.100. The number of nitrogens with zero attached hydrogens (tertiary/aromatic N) is 1. The quantitative estimate of drug-likeness (QED) is 0.526. The van der Waals surface area contributed by atoms with Gasteiger partial charge in [0.05, 0.1) is 4.92 Å². The summed E-state index contributed by atoms with van der Waals surface area (Å²) in [4.78, 5) is 21.3. The Morgan fingerprint density at radius 1 is 1.13 bits per heavy atom. The zero-order valence-corrected chi connectivity index (χ0v) is 11.2. The summed E-state index contributed by atoms with van der Waals surface area (Å²) in [5.41, 5.74) is -3.00. The summed E-state index contributed by atoms with van der Waals surface area (Å²) in [7, 11) is 0. The second-order valence-corrected chi connectivity index (χ2v) is 4.45. The van der Waals surface area contributed by atoms with Gasteiger partial charge in [0, 0.05) is 17.3 Å². The highest BCUT2D eigenvalue weighted by atomic mass is 19.4. The van der Waals surface area contributed by atoms with Gasteiger partial charge >= 0.3 is 6.18 Å². The predicted octanol–water partition coefficient (Wildman–Crippen LogP) is 4.01. The number of carbonyl (C=O) groups excluding carboxylic acids is 1. The van der Waals surface area contributed by atoms with Crippen LogP contribution in [0.4, 0.5) is 28.9 Å². The molecule has 5 nitrogen and oxygen atoms in total. The van der Waals surface area contributed by atoms with E-state index in [0.29, 0.717) is 12.1 Å². The number of rotatable bonds is 3. The largest absolute Gasteiger partial charge is 0.423 e. The molecule has 0 aliphatic heterocycles. The lowest BCUT2D eigenvalue weighted by molar-refractivity contribution is -0.388. The van der Waals surface area contributed by atoms with E-state index >= 15 is 0 Å². The number of carbonyl (C=O) groups is 1. The molecule has 0 saturated carbocycles. The van der Waals surface area contributed by atoms with E-state index < -0.39 is 34.1 Å². The maximum Gasteiger partial charge on any atom is 0.423 e. The summed E-state index contributed by atoms with van der Waals surface area (Å²) in [6.45, 7) is 0. The fourth-order valence-electron chi connectivity index (χ4n) is 1.83. The van der Waals surface area contributed by atoms with Crippen molar-refractivity contribution in [3.05, 3.63) is 69.5 Å². The number of nitro groups is 1. The van der Waals surface area contributed by atoms with Crippen molar-refractivity contribution in [3.8, 4) is 0 Å². The fourth-order valence-corrected chi connectivity index (χ4v) is 1.83. The molecule has 120 valence electrons. The van der Waals surface area contributed by atoms with E-state index in [1.165, 1.54) is 12.1 Å². The highest BCUT2D eigenvalue weighted by Crippen LogP contribution is 2.37. The number of amides is 1. The van der Waals surface area contributed by atoms with E-state index in [2.05, 4.69) is 5.32 Å². The Morgan fingerprint density at radius 3 is 2.39 bits per heavy atom. The van der Waals surface area contributed by atoms with Gasteiger partial charge in [-0.2, -0.15) is 13.2 Å². The van der Waals surface area contributed by atoms with Crippen LogP contribution in [0, 0.1) is 15.9 Å². The average Bonchev–Trinajstić information content (AvgIpc) is 2.46. The molecule has 0 bridgehead atoms.